The maximum atomic E-state index is 9.98. The zero-order valence-corrected chi connectivity index (χ0v) is 10.8. The predicted molar refractivity (Wildman–Crippen MR) is 67.4 cm³/mol. The maximum Gasteiger partial charge on any atom is 0.217 e. The Kier molecular flexibility index (Phi) is 2.74. The van der Waals surface area contributed by atoms with Gasteiger partial charge in [0, 0.05) is 17.5 Å². The summed E-state index contributed by atoms with van der Waals surface area (Å²) in [7, 11) is 0. The minimum Gasteiger partial charge on any atom is -0.444 e. The highest BCUT2D eigenvalue weighted by atomic mass is 16.4. The van der Waals surface area contributed by atoms with Gasteiger partial charge in [-0.3, -0.25) is 0 Å². The lowest BCUT2D eigenvalue weighted by Gasteiger charge is -2.22. The van der Waals surface area contributed by atoms with Gasteiger partial charge in [0.1, 0.15) is 11.8 Å². The van der Waals surface area contributed by atoms with E-state index in [1.165, 1.54) is 5.69 Å². The van der Waals surface area contributed by atoms with Crippen LogP contribution in [0.4, 0.5) is 0 Å². The number of fused-ring (bicyclic) bond motifs is 1. The fourth-order valence-corrected chi connectivity index (χ4v) is 2.74. The number of rotatable bonds is 2. The van der Waals surface area contributed by atoms with E-state index in [9.17, 15) is 5.11 Å². The molecule has 1 aliphatic carbocycles. The summed E-state index contributed by atoms with van der Waals surface area (Å²) in [6, 6.07) is 2.10. The summed E-state index contributed by atoms with van der Waals surface area (Å²) >= 11 is 0. The van der Waals surface area contributed by atoms with Crippen LogP contribution in [0.2, 0.25) is 0 Å². The molecular formula is C14H18N2O2. The average molecular weight is 246 g/mol. The van der Waals surface area contributed by atoms with E-state index in [2.05, 4.69) is 16.5 Å². The summed E-state index contributed by atoms with van der Waals surface area (Å²) in [5.74, 6) is 1.56. The molecule has 0 saturated carbocycles. The Labute approximate surface area is 106 Å². The molecule has 2 aromatic heterocycles. The molecule has 2 heterocycles. The SMILES string of the molecule is Cc1cnc(C(C)n2ccc3c2CCCC3O)o1. The summed E-state index contributed by atoms with van der Waals surface area (Å²) in [4.78, 5) is 4.29. The summed E-state index contributed by atoms with van der Waals surface area (Å²) < 4.78 is 7.76. The molecule has 0 radical (unpaired) electrons. The maximum absolute atomic E-state index is 9.98. The van der Waals surface area contributed by atoms with Crippen molar-refractivity contribution in [2.75, 3.05) is 0 Å². The summed E-state index contributed by atoms with van der Waals surface area (Å²) in [6.07, 6.45) is 6.39. The molecule has 18 heavy (non-hydrogen) atoms. The Morgan fingerprint density at radius 2 is 2.39 bits per heavy atom. The zero-order valence-electron chi connectivity index (χ0n) is 10.8. The first-order valence-electron chi connectivity index (χ1n) is 6.47. The van der Waals surface area contributed by atoms with Gasteiger partial charge in [0.25, 0.3) is 0 Å². The minimum absolute atomic E-state index is 0.0766. The van der Waals surface area contributed by atoms with Crippen LogP contribution in [0.5, 0.6) is 0 Å². The normalized spacial score (nSPS) is 20.7. The minimum atomic E-state index is -0.312. The van der Waals surface area contributed by atoms with Crippen molar-refractivity contribution >= 4 is 0 Å². The smallest absolute Gasteiger partial charge is 0.217 e. The molecular weight excluding hydrogens is 228 g/mol. The van der Waals surface area contributed by atoms with Crippen LogP contribution in [-0.4, -0.2) is 14.7 Å². The van der Waals surface area contributed by atoms with Gasteiger partial charge in [-0.15, -0.1) is 0 Å². The Morgan fingerprint density at radius 1 is 1.56 bits per heavy atom. The number of aromatic nitrogens is 2. The van der Waals surface area contributed by atoms with Gasteiger partial charge in [-0.05, 0) is 39.2 Å². The number of oxazole rings is 1. The molecule has 2 unspecified atom stereocenters. The van der Waals surface area contributed by atoms with Crippen LogP contribution in [0.3, 0.4) is 0 Å². The number of aliphatic hydroxyl groups excluding tert-OH is 1. The molecule has 0 aromatic carbocycles. The van der Waals surface area contributed by atoms with Gasteiger partial charge in [0.05, 0.1) is 12.3 Å². The topological polar surface area (TPSA) is 51.2 Å². The van der Waals surface area contributed by atoms with E-state index in [1.54, 1.807) is 6.20 Å². The second-order valence-corrected chi connectivity index (χ2v) is 5.02. The van der Waals surface area contributed by atoms with Crippen molar-refractivity contribution in [1.29, 1.82) is 0 Å². The molecule has 2 atom stereocenters. The van der Waals surface area contributed by atoms with E-state index in [0.717, 1.165) is 36.5 Å². The molecule has 3 rings (SSSR count). The van der Waals surface area contributed by atoms with E-state index in [4.69, 9.17) is 4.42 Å². The number of nitrogens with zero attached hydrogens (tertiary/aromatic N) is 2. The molecule has 0 bridgehead atoms. The monoisotopic (exact) mass is 246 g/mol. The van der Waals surface area contributed by atoms with E-state index in [0.29, 0.717) is 0 Å². The number of hydrogen-bond acceptors (Lipinski definition) is 3. The third-order valence-corrected chi connectivity index (χ3v) is 3.72. The quantitative estimate of drug-likeness (QED) is 0.886. The average Bonchev–Trinajstić information content (AvgIpc) is 2.95. The molecule has 0 amide bonds. The van der Waals surface area contributed by atoms with E-state index in [-0.39, 0.29) is 12.1 Å². The summed E-state index contributed by atoms with van der Waals surface area (Å²) in [5, 5.41) is 9.98. The molecule has 0 spiro atoms. The third-order valence-electron chi connectivity index (χ3n) is 3.72. The molecule has 0 saturated heterocycles. The van der Waals surface area contributed by atoms with Crippen molar-refractivity contribution in [1.82, 2.24) is 9.55 Å². The molecule has 96 valence electrons. The van der Waals surface area contributed by atoms with Gasteiger partial charge in [-0.25, -0.2) is 4.98 Å². The second kappa shape index (κ2) is 4.28. The van der Waals surface area contributed by atoms with Crippen LogP contribution in [0, 0.1) is 6.92 Å². The Bertz CT molecular complexity index is 556. The second-order valence-electron chi connectivity index (χ2n) is 5.02. The van der Waals surface area contributed by atoms with Crippen molar-refractivity contribution in [2.24, 2.45) is 0 Å². The Hall–Kier alpha value is -1.55. The van der Waals surface area contributed by atoms with Crippen LogP contribution in [0.1, 0.15) is 54.8 Å². The lowest BCUT2D eigenvalue weighted by molar-refractivity contribution is 0.155. The predicted octanol–water partition coefficient (Wildman–Crippen LogP) is 2.76. The van der Waals surface area contributed by atoms with Gasteiger partial charge >= 0.3 is 0 Å². The van der Waals surface area contributed by atoms with Crippen LogP contribution in [0.15, 0.2) is 22.9 Å². The van der Waals surface area contributed by atoms with Crippen LogP contribution >= 0.6 is 0 Å². The van der Waals surface area contributed by atoms with Gasteiger partial charge < -0.3 is 14.1 Å². The molecule has 0 aliphatic heterocycles. The van der Waals surface area contributed by atoms with E-state index >= 15 is 0 Å². The van der Waals surface area contributed by atoms with Gasteiger partial charge in [-0.2, -0.15) is 0 Å². The molecule has 1 aliphatic rings. The molecule has 4 heteroatoms. The van der Waals surface area contributed by atoms with Gasteiger partial charge in [-0.1, -0.05) is 0 Å². The first-order valence-corrected chi connectivity index (χ1v) is 6.47. The van der Waals surface area contributed by atoms with Crippen molar-refractivity contribution in [2.45, 2.75) is 45.3 Å². The fraction of sp³-hybridized carbons (Fsp3) is 0.500. The van der Waals surface area contributed by atoms with Crippen molar-refractivity contribution in [3.63, 3.8) is 0 Å². The highest BCUT2D eigenvalue weighted by Crippen LogP contribution is 2.33. The van der Waals surface area contributed by atoms with Crippen molar-refractivity contribution in [3.05, 3.63) is 41.4 Å². The standard InChI is InChI=1S/C14H18N2O2/c1-9-8-15-14(18-9)10(2)16-7-6-11-12(16)4-3-5-13(11)17/h6-8,10,13,17H,3-5H2,1-2H3. The van der Waals surface area contributed by atoms with Crippen LogP contribution < -0.4 is 0 Å². The Balaban J connectivity index is 1.97. The van der Waals surface area contributed by atoms with Crippen molar-refractivity contribution in [3.8, 4) is 0 Å². The highest BCUT2D eigenvalue weighted by molar-refractivity contribution is 5.28. The molecule has 1 N–H and O–H groups in total. The van der Waals surface area contributed by atoms with E-state index < -0.39 is 0 Å². The lowest BCUT2D eigenvalue weighted by atomic mass is 9.95. The van der Waals surface area contributed by atoms with E-state index in [1.807, 2.05) is 19.2 Å². The van der Waals surface area contributed by atoms with Crippen LogP contribution in [-0.2, 0) is 6.42 Å². The summed E-state index contributed by atoms with van der Waals surface area (Å²) in [6.45, 7) is 3.98. The molecule has 0 fully saturated rings. The number of aliphatic hydroxyl groups is 1. The van der Waals surface area contributed by atoms with Crippen molar-refractivity contribution < 1.29 is 9.52 Å². The third kappa shape index (κ3) is 1.77. The Morgan fingerprint density at radius 3 is 3.11 bits per heavy atom. The molecule has 4 nitrogen and oxygen atoms in total. The highest BCUT2D eigenvalue weighted by Gasteiger charge is 2.24. The molecule has 2 aromatic rings. The largest absolute Gasteiger partial charge is 0.444 e. The number of hydrogen-bond donors (Lipinski definition) is 1. The first kappa shape index (κ1) is 11.5. The van der Waals surface area contributed by atoms with Gasteiger partial charge in [0.2, 0.25) is 5.89 Å². The van der Waals surface area contributed by atoms with Crippen LogP contribution in [0.25, 0.3) is 0 Å². The first-order chi connectivity index (χ1) is 8.66. The van der Waals surface area contributed by atoms with Gasteiger partial charge in [0.15, 0.2) is 0 Å². The lowest BCUT2D eigenvalue weighted by Crippen LogP contribution is -2.15. The number of aryl methyl sites for hydroxylation is 1. The zero-order chi connectivity index (χ0) is 12.7. The fourth-order valence-electron chi connectivity index (χ4n) is 2.74. The summed E-state index contributed by atoms with van der Waals surface area (Å²) in [5.41, 5.74) is 2.29.